The van der Waals surface area contributed by atoms with Crippen LogP contribution in [0.15, 0.2) is 65.6 Å². The molecule has 3 aromatic rings. The number of carboxylic acids is 1. The number of aliphatic carboxylic acids is 1. The Hall–Kier alpha value is -2.67. The van der Waals surface area contributed by atoms with Gasteiger partial charge in [-0.15, -0.1) is 11.8 Å². The van der Waals surface area contributed by atoms with E-state index < -0.39 is 11.9 Å². The van der Waals surface area contributed by atoms with E-state index in [1.54, 1.807) is 48.2 Å². The normalized spacial score (nSPS) is 14.7. The number of hydrogen-bond donors (Lipinski definition) is 1. The largest absolute Gasteiger partial charge is 0.493 e. The third kappa shape index (κ3) is 6.06. The highest BCUT2D eigenvalue weighted by molar-refractivity contribution is 7.99. The first-order valence-corrected chi connectivity index (χ1v) is 12.5. The summed E-state index contributed by atoms with van der Waals surface area (Å²) < 4.78 is 11.5. The Morgan fingerprint density at radius 3 is 2.50 bits per heavy atom. The number of carbonyl (C=O) groups excluding carboxylic acids is 1. The summed E-state index contributed by atoms with van der Waals surface area (Å²) in [6, 6.07) is 17.7. The Kier molecular flexibility index (Phi) is 8.03. The first kappa shape index (κ1) is 24.5. The molecule has 1 atom stereocenters. The van der Waals surface area contributed by atoms with E-state index in [4.69, 9.17) is 32.7 Å². The van der Waals surface area contributed by atoms with Crippen LogP contribution in [0.1, 0.15) is 41.1 Å². The number of ether oxygens (including phenoxy) is 2. The van der Waals surface area contributed by atoms with Gasteiger partial charge < -0.3 is 14.6 Å². The van der Waals surface area contributed by atoms with E-state index in [2.05, 4.69) is 0 Å². The highest BCUT2D eigenvalue weighted by Crippen LogP contribution is 2.41. The molecular formula is C26H22Cl2O5S. The maximum Gasteiger partial charge on any atom is 0.311 e. The predicted molar refractivity (Wildman–Crippen MR) is 134 cm³/mol. The molecule has 1 aliphatic rings. The zero-order chi connectivity index (χ0) is 24.1. The molecule has 0 spiro atoms. The predicted octanol–water partition coefficient (Wildman–Crippen LogP) is 7.49. The van der Waals surface area contributed by atoms with Crippen molar-refractivity contribution in [3.8, 4) is 17.2 Å². The lowest BCUT2D eigenvalue weighted by atomic mass is 9.93. The second-order valence-electron chi connectivity index (χ2n) is 7.80. The van der Waals surface area contributed by atoms with Crippen LogP contribution in [-0.4, -0.2) is 29.2 Å². The van der Waals surface area contributed by atoms with Crippen molar-refractivity contribution in [3.05, 3.63) is 81.8 Å². The van der Waals surface area contributed by atoms with Crippen molar-refractivity contribution in [2.24, 2.45) is 0 Å². The van der Waals surface area contributed by atoms with Crippen LogP contribution in [-0.2, 0) is 4.79 Å². The van der Waals surface area contributed by atoms with Crippen LogP contribution in [0.5, 0.6) is 17.2 Å². The summed E-state index contributed by atoms with van der Waals surface area (Å²) in [7, 11) is 0. The second-order valence-corrected chi connectivity index (χ2v) is 9.82. The quantitative estimate of drug-likeness (QED) is 0.180. The second kappa shape index (κ2) is 11.2. The molecule has 0 radical (unpaired) electrons. The van der Waals surface area contributed by atoms with Crippen LogP contribution < -0.4 is 9.47 Å². The van der Waals surface area contributed by atoms with Crippen molar-refractivity contribution in [2.45, 2.75) is 30.1 Å². The van der Waals surface area contributed by atoms with Gasteiger partial charge in [0.1, 0.15) is 17.2 Å². The van der Waals surface area contributed by atoms with Crippen LogP contribution in [0.3, 0.4) is 0 Å². The van der Waals surface area contributed by atoms with Crippen molar-refractivity contribution in [3.63, 3.8) is 0 Å². The third-order valence-corrected chi connectivity index (χ3v) is 7.08. The lowest BCUT2D eigenvalue weighted by molar-refractivity contribution is -0.139. The highest BCUT2D eigenvalue weighted by atomic mass is 35.5. The number of rotatable bonds is 9. The van der Waals surface area contributed by atoms with Gasteiger partial charge >= 0.3 is 5.97 Å². The van der Waals surface area contributed by atoms with Gasteiger partial charge in [-0.2, -0.15) is 0 Å². The van der Waals surface area contributed by atoms with Crippen LogP contribution in [0, 0.1) is 0 Å². The number of hydrogen-bond acceptors (Lipinski definition) is 5. The highest BCUT2D eigenvalue weighted by Gasteiger charge is 2.29. The van der Waals surface area contributed by atoms with Crippen molar-refractivity contribution in [2.75, 3.05) is 12.4 Å². The average molecular weight is 517 g/mol. The standard InChI is InChI=1S/C26H22Cl2O5S/c27-17-5-9-19(10-6-17)34-13-1-2-23(29)16-3-7-18(8-4-16)33-25-15-24-21(14-22(25)28)20(26(30)31)11-12-32-24/h3-10,14-15,20H,1-2,11-13H2,(H,30,31). The fourth-order valence-electron chi connectivity index (χ4n) is 3.66. The van der Waals surface area contributed by atoms with Gasteiger partial charge in [-0.3, -0.25) is 9.59 Å². The monoisotopic (exact) mass is 516 g/mol. The van der Waals surface area contributed by atoms with E-state index in [9.17, 15) is 14.7 Å². The van der Waals surface area contributed by atoms with Crippen molar-refractivity contribution >= 4 is 46.7 Å². The number of carbonyl (C=O) groups is 2. The number of Topliss-reactive ketones (excluding diaryl/α,β-unsaturated/α-hetero) is 1. The summed E-state index contributed by atoms with van der Waals surface area (Å²) in [5.41, 5.74) is 1.17. The number of benzene rings is 3. The summed E-state index contributed by atoms with van der Waals surface area (Å²) in [4.78, 5) is 25.1. The van der Waals surface area contributed by atoms with Gasteiger partial charge in [-0.1, -0.05) is 23.2 Å². The zero-order valence-electron chi connectivity index (χ0n) is 18.1. The Balaban J connectivity index is 1.33. The van der Waals surface area contributed by atoms with E-state index in [0.717, 1.165) is 17.1 Å². The Bertz CT molecular complexity index is 1180. The van der Waals surface area contributed by atoms with Crippen LogP contribution >= 0.6 is 35.0 Å². The number of fused-ring (bicyclic) bond motifs is 1. The minimum absolute atomic E-state index is 0.0724. The molecule has 0 aromatic heterocycles. The fourth-order valence-corrected chi connectivity index (χ4v) is 4.85. The molecule has 1 aliphatic heterocycles. The number of halogens is 2. The van der Waals surface area contributed by atoms with Gasteiger partial charge in [0.2, 0.25) is 0 Å². The van der Waals surface area contributed by atoms with Gasteiger partial charge in [0.05, 0.1) is 17.5 Å². The van der Waals surface area contributed by atoms with E-state index in [-0.39, 0.29) is 5.78 Å². The molecule has 0 saturated heterocycles. The number of thioether (sulfide) groups is 1. The van der Waals surface area contributed by atoms with Gasteiger partial charge in [-0.05, 0) is 73.2 Å². The molecule has 8 heteroatoms. The molecule has 0 amide bonds. The van der Waals surface area contributed by atoms with Gasteiger partial charge in [0.25, 0.3) is 0 Å². The summed E-state index contributed by atoms with van der Waals surface area (Å²) in [6.07, 6.45) is 1.63. The lowest BCUT2D eigenvalue weighted by Crippen LogP contribution is -2.20. The maximum atomic E-state index is 12.5. The van der Waals surface area contributed by atoms with E-state index >= 15 is 0 Å². The first-order valence-electron chi connectivity index (χ1n) is 10.8. The average Bonchev–Trinajstić information content (AvgIpc) is 2.83. The Labute approximate surface area is 212 Å². The van der Waals surface area contributed by atoms with Crippen molar-refractivity contribution in [1.82, 2.24) is 0 Å². The van der Waals surface area contributed by atoms with Crippen LogP contribution in [0.4, 0.5) is 0 Å². The molecule has 0 bridgehead atoms. The number of carboxylic acid groups (broad SMARTS) is 1. The summed E-state index contributed by atoms with van der Waals surface area (Å²) in [6.45, 7) is 0.319. The van der Waals surface area contributed by atoms with Gasteiger partial charge in [0, 0.05) is 33.5 Å². The van der Waals surface area contributed by atoms with Crippen molar-refractivity contribution in [1.29, 1.82) is 0 Å². The van der Waals surface area contributed by atoms with Gasteiger partial charge in [0.15, 0.2) is 5.78 Å². The molecule has 1 N–H and O–H groups in total. The molecule has 0 fully saturated rings. The molecule has 4 rings (SSSR count). The smallest absolute Gasteiger partial charge is 0.311 e. The molecule has 3 aromatic carbocycles. The van der Waals surface area contributed by atoms with Crippen LogP contribution in [0.25, 0.3) is 0 Å². The van der Waals surface area contributed by atoms with Gasteiger partial charge in [-0.25, -0.2) is 0 Å². The third-order valence-electron chi connectivity index (χ3n) is 5.44. The van der Waals surface area contributed by atoms with E-state index in [1.165, 1.54) is 0 Å². The minimum Gasteiger partial charge on any atom is -0.493 e. The molecule has 34 heavy (non-hydrogen) atoms. The van der Waals surface area contributed by atoms with E-state index in [0.29, 0.717) is 57.9 Å². The van der Waals surface area contributed by atoms with E-state index in [1.807, 2.05) is 24.3 Å². The Morgan fingerprint density at radius 1 is 1.06 bits per heavy atom. The molecular weight excluding hydrogens is 495 g/mol. The zero-order valence-corrected chi connectivity index (χ0v) is 20.5. The molecule has 176 valence electrons. The Morgan fingerprint density at radius 2 is 1.79 bits per heavy atom. The molecule has 5 nitrogen and oxygen atoms in total. The number of ketones is 1. The molecule has 1 heterocycles. The summed E-state index contributed by atoms with van der Waals surface area (Å²) >= 11 is 13.9. The SMILES string of the molecule is O=C(CCCSc1ccc(Cl)cc1)c1ccc(Oc2cc3c(cc2Cl)C(C(=O)O)CCO3)cc1. The molecule has 0 aliphatic carbocycles. The maximum absolute atomic E-state index is 12.5. The first-order chi connectivity index (χ1) is 16.4. The lowest BCUT2D eigenvalue weighted by Gasteiger charge is -2.24. The molecule has 0 saturated carbocycles. The van der Waals surface area contributed by atoms with Crippen LogP contribution in [0.2, 0.25) is 10.0 Å². The molecule has 1 unspecified atom stereocenters. The van der Waals surface area contributed by atoms with Crippen molar-refractivity contribution < 1.29 is 24.2 Å². The summed E-state index contributed by atoms with van der Waals surface area (Å²) in [5, 5.41) is 10.4. The summed E-state index contributed by atoms with van der Waals surface area (Å²) in [5.74, 6) is 0.704. The minimum atomic E-state index is -0.905. The fraction of sp³-hybridized carbons (Fsp3) is 0.231. The topological polar surface area (TPSA) is 72.8 Å².